The predicted octanol–water partition coefficient (Wildman–Crippen LogP) is 1.73. The third-order valence-corrected chi connectivity index (χ3v) is 7.64. The highest BCUT2D eigenvalue weighted by Gasteiger charge is 2.29. The van der Waals surface area contributed by atoms with Crippen LogP contribution in [0.4, 0.5) is 5.69 Å². The van der Waals surface area contributed by atoms with Crippen molar-refractivity contribution in [3.05, 3.63) is 65.7 Å². The van der Waals surface area contributed by atoms with Crippen LogP contribution in [0, 0.1) is 0 Å². The van der Waals surface area contributed by atoms with Crippen molar-refractivity contribution in [3.8, 4) is 0 Å². The highest BCUT2D eigenvalue weighted by atomic mass is 32.2. The molecule has 4 rings (SSSR count). The number of sulfonamides is 1. The van der Waals surface area contributed by atoms with E-state index in [9.17, 15) is 18.0 Å². The van der Waals surface area contributed by atoms with Gasteiger partial charge in [-0.1, -0.05) is 36.4 Å². The minimum Gasteiger partial charge on any atom is -0.452 e. The van der Waals surface area contributed by atoms with E-state index in [1.54, 1.807) is 23.1 Å². The second-order valence-electron chi connectivity index (χ2n) is 8.01. The number of nitrogens with zero attached hydrogens (tertiary/aromatic N) is 3. The number of carbonyl (C=O) groups excluding carboxylic acids is 2. The fourth-order valence-corrected chi connectivity index (χ4v) is 5.57. The van der Waals surface area contributed by atoms with Gasteiger partial charge >= 0.3 is 5.97 Å². The summed E-state index contributed by atoms with van der Waals surface area (Å²) in [4.78, 5) is 29.0. The van der Waals surface area contributed by atoms with Crippen molar-refractivity contribution >= 4 is 27.6 Å². The number of benzene rings is 2. The van der Waals surface area contributed by atoms with E-state index in [0.717, 1.165) is 19.6 Å². The molecular formula is C23H27N3O5S. The van der Waals surface area contributed by atoms with E-state index < -0.39 is 16.0 Å². The van der Waals surface area contributed by atoms with Gasteiger partial charge in [0.2, 0.25) is 10.0 Å². The van der Waals surface area contributed by atoms with Gasteiger partial charge in [0.1, 0.15) is 0 Å². The Morgan fingerprint density at radius 1 is 0.906 bits per heavy atom. The summed E-state index contributed by atoms with van der Waals surface area (Å²) >= 11 is 0. The molecule has 9 heteroatoms. The van der Waals surface area contributed by atoms with E-state index in [2.05, 4.69) is 17.0 Å². The molecule has 32 heavy (non-hydrogen) atoms. The number of esters is 1. The van der Waals surface area contributed by atoms with Crippen LogP contribution < -0.4 is 4.31 Å². The molecule has 8 nitrogen and oxygen atoms in total. The Bertz CT molecular complexity index is 1070. The maximum atomic E-state index is 12.5. The summed E-state index contributed by atoms with van der Waals surface area (Å²) in [6.45, 7) is 3.62. The summed E-state index contributed by atoms with van der Waals surface area (Å²) in [5.74, 6) is -0.759. The van der Waals surface area contributed by atoms with Gasteiger partial charge < -0.3 is 9.64 Å². The first-order valence-corrected chi connectivity index (χ1v) is 12.3. The van der Waals surface area contributed by atoms with Crippen molar-refractivity contribution in [1.29, 1.82) is 0 Å². The SMILES string of the molecule is O=C(OCC(=O)N1CCN(Cc2ccccc2)CC1)c1cccc(N2CCCS2(=O)=O)c1. The van der Waals surface area contributed by atoms with Crippen LogP contribution in [0.2, 0.25) is 0 Å². The molecular weight excluding hydrogens is 430 g/mol. The standard InChI is InChI=1S/C23H27N3O5S/c27-22(25-13-11-24(12-14-25)17-19-6-2-1-3-7-19)18-31-23(28)20-8-4-9-21(16-20)26-10-5-15-32(26,29)30/h1-4,6-9,16H,5,10-15,17-18H2. The average molecular weight is 458 g/mol. The third kappa shape index (κ3) is 5.28. The number of amides is 1. The van der Waals surface area contributed by atoms with Gasteiger partial charge in [0.25, 0.3) is 5.91 Å². The zero-order valence-electron chi connectivity index (χ0n) is 17.9. The molecule has 0 saturated carbocycles. The molecule has 2 aliphatic heterocycles. The quantitative estimate of drug-likeness (QED) is 0.614. The normalized spacial score (nSPS) is 18.5. The molecule has 0 unspecified atom stereocenters. The van der Waals surface area contributed by atoms with Gasteiger partial charge in [-0.05, 0) is 30.2 Å². The van der Waals surface area contributed by atoms with Gasteiger partial charge in [0.05, 0.1) is 17.0 Å². The number of ether oxygens (including phenoxy) is 1. The molecule has 0 aliphatic carbocycles. The van der Waals surface area contributed by atoms with Gasteiger partial charge in [-0.2, -0.15) is 0 Å². The number of anilines is 1. The minimum atomic E-state index is -3.33. The van der Waals surface area contributed by atoms with E-state index in [-0.39, 0.29) is 23.8 Å². The summed E-state index contributed by atoms with van der Waals surface area (Å²) in [6.07, 6.45) is 0.560. The summed E-state index contributed by atoms with van der Waals surface area (Å²) in [5, 5.41) is 0. The maximum absolute atomic E-state index is 12.5. The number of rotatable bonds is 6. The molecule has 2 heterocycles. The topological polar surface area (TPSA) is 87.2 Å². The predicted molar refractivity (Wildman–Crippen MR) is 121 cm³/mol. The van der Waals surface area contributed by atoms with E-state index in [4.69, 9.17) is 4.74 Å². The highest BCUT2D eigenvalue weighted by molar-refractivity contribution is 7.93. The van der Waals surface area contributed by atoms with E-state index in [0.29, 0.717) is 31.7 Å². The Kier molecular flexibility index (Phi) is 6.76. The molecule has 2 saturated heterocycles. The largest absolute Gasteiger partial charge is 0.452 e. The number of carbonyl (C=O) groups is 2. The van der Waals surface area contributed by atoms with Crippen molar-refractivity contribution in [1.82, 2.24) is 9.80 Å². The van der Waals surface area contributed by atoms with Crippen molar-refractivity contribution in [2.75, 3.05) is 49.4 Å². The molecule has 2 aromatic carbocycles. The van der Waals surface area contributed by atoms with Gasteiger partial charge in [0.15, 0.2) is 6.61 Å². The van der Waals surface area contributed by atoms with Gasteiger partial charge in [-0.3, -0.25) is 14.0 Å². The van der Waals surface area contributed by atoms with E-state index in [1.165, 1.54) is 15.9 Å². The Hall–Kier alpha value is -2.91. The summed E-state index contributed by atoms with van der Waals surface area (Å²) in [7, 11) is -3.33. The lowest BCUT2D eigenvalue weighted by Crippen LogP contribution is -2.49. The molecule has 1 amide bonds. The summed E-state index contributed by atoms with van der Waals surface area (Å²) in [5.41, 5.74) is 1.91. The lowest BCUT2D eigenvalue weighted by atomic mass is 10.2. The Balaban J connectivity index is 1.26. The first-order valence-electron chi connectivity index (χ1n) is 10.7. The van der Waals surface area contributed by atoms with Crippen molar-refractivity contribution in [2.45, 2.75) is 13.0 Å². The first-order chi connectivity index (χ1) is 15.4. The zero-order chi connectivity index (χ0) is 22.6. The Labute approximate surface area is 188 Å². The number of hydrogen-bond acceptors (Lipinski definition) is 6. The highest BCUT2D eigenvalue weighted by Crippen LogP contribution is 2.25. The monoisotopic (exact) mass is 457 g/mol. The smallest absolute Gasteiger partial charge is 0.338 e. The molecule has 0 spiro atoms. The van der Waals surface area contributed by atoms with Crippen LogP contribution in [0.3, 0.4) is 0 Å². The fraction of sp³-hybridized carbons (Fsp3) is 0.391. The molecule has 170 valence electrons. The second-order valence-corrected chi connectivity index (χ2v) is 10.0. The summed E-state index contributed by atoms with van der Waals surface area (Å²) < 4.78 is 30.8. The van der Waals surface area contributed by atoms with E-state index in [1.807, 2.05) is 18.2 Å². The lowest BCUT2D eigenvalue weighted by Gasteiger charge is -2.34. The zero-order valence-corrected chi connectivity index (χ0v) is 18.7. The summed E-state index contributed by atoms with van der Waals surface area (Å²) in [6, 6.07) is 16.5. The number of hydrogen-bond donors (Lipinski definition) is 0. The van der Waals surface area contributed by atoms with Crippen LogP contribution in [0.15, 0.2) is 54.6 Å². The minimum absolute atomic E-state index is 0.106. The molecule has 0 N–H and O–H groups in total. The second kappa shape index (κ2) is 9.70. The molecule has 0 bridgehead atoms. The molecule has 0 aromatic heterocycles. The maximum Gasteiger partial charge on any atom is 0.338 e. The van der Waals surface area contributed by atoms with Crippen molar-refractivity contribution in [2.24, 2.45) is 0 Å². The number of piperazine rings is 1. The molecule has 2 aromatic rings. The van der Waals surface area contributed by atoms with Gasteiger partial charge in [-0.25, -0.2) is 13.2 Å². The molecule has 2 fully saturated rings. The van der Waals surface area contributed by atoms with Crippen LogP contribution in [0.5, 0.6) is 0 Å². The van der Waals surface area contributed by atoms with Crippen molar-refractivity contribution < 1.29 is 22.7 Å². The van der Waals surface area contributed by atoms with Gasteiger partial charge in [-0.15, -0.1) is 0 Å². The Morgan fingerprint density at radius 2 is 1.66 bits per heavy atom. The van der Waals surface area contributed by atoms with Crippen LogP contribution in [0.1, 0.15) is 22.3 Å². The van der Waals surface area contributed by atoms with Gasteiger partial charge in [0, 0.05) is 39.3 Å². The van der Waals surface area contributed by atoms with Crippen LogP contribution in [-0.4, -0.2) is 75.2 Å². The van der Waals surface area contributed by atoms with Crippen LogP contribution in [-0.2, 0) is 26.1 Å². The average Bonchev–Trinajstić information content (AvgIpc) is 3.17. The molecule has 0 radical (unpaired) electrons. The van der Waals surface area contributed by atoms with Crippen LogP contribution in [0.25, 0.3) is 0 Å². The molecule has 0 atom stereocenters. The third-order valence-electron chi connectivity index (χ3n) is 5.77. The molecule has 2 aliphatic rings. The first kappa shape index (κ1) is 22.3. The Morgan fingerprint density at radius 3 is 2.34 bits per heavy atom. The van der Waals surface area contributed by atoms with Crippen molar-refractivity contribution in [3.63, 3.8) is 0 Å². The van der Waals surface area contributed by atoms with E-state index >= 15 is 0 Å². The lowest BCUT2D eigenvalue weighted by molar-refractivity contribution is -0.136. The van der Waals surface area contributed by atoms with Crippen LogP contribution >= 0.6 is 0 Å². The fourth-order valence-electron chi connectivity index (χ4n) is 4.02.